The predicted molar refractivity (Wildman–Crippen MR) is 73.2 cm³/mol. The highest BCUT2D eigenvalue weighted by Crippen LogP contribution is 2.21. The van der Waals surface area contributed by atoms with Crippen molar-refractivity contribution in [2.75, 3.05) is 11.5 Å². The molecule has 4 N–H and O–H groups in total. The quantitative estimate of drug-likeness (QED) is 0.675. The minimum atomic E-state index is 0.715. The molecule has 0 saturated carbocycles. The smallest absolute Gasteiger partial charge is 0.155 e. The van der Waals surface area contributed by atoms with Crippen LogP contribution in [0.1, 0.15) is 0 Å². The van der Waals surface area contributed by atoms with Gasteiger partial charge in [-0.15, -0.1) is 0 Å². The third-order valence-electron chi connectivity index (χ3n) is 2.76. The summed E-state index contributed by atoms with van der Waals surface area (Å²) in [6.07, 6.45) is 1.86. The van der Waals surface area contributed by atoms with Gasteiger partial charge < -0.3 is 16.3 Å². The molecular weight excluding hydrogens is 226 g/mol. The van der Waals surface area contributed by atoms with Gasteiger partial charge in [0.25, 0.3) is 0 Å². The summed E-state index contributed by atoms with van der Waals surface area (Å²) >= 11 is 0. The molecule has 1 aromatic heterocycles. The molecule has 0 aliphatic rings. The van der Waals surface area contributed by atoms with Gasteiger partial charge >= 0.3 is 0 Å². The van der Waals surface area contributed by atoms with Crippen LogP contribution in [0, 0.1) is 0 Å². The standard InChI is InChI=1S/C14H13N3O/c15-11-1-4-13(5-2-11)18-17-8-7-10-9-12(16)3-6-14(10)17/h1-9H,15-16H2. The number of hydrogen-bond acceptors (Lipinski definition) is 3. The van der Waals surface area contributed by atoms with Crippen molar-refractivity contribution in [1.29, 1.82) is 0 Å². The number of benzene rings is 2. The number of hydrogen-bond donors (Lipinski definition) is 2. The summed E-state index contributed by atoms with van der Waals surface area (Å²) in [5.74, 6) is 0.735. The van der Waals surface area contributed by atoms with Crippen molar-refractivity contribution in [2.45, 2.75) is 0 Å². The van der Waals surface area contributed by atoms with Crippen LogP contribution in [0.3, 0.4) is 0 Å². The second kappa shape index (κ2) is 4.00. The molecule has 0 aliphatic heterocycles. The molecule has 0 atom stereocenters. The maximum atomic E-state index is 5.75. The van der Waals surface area contributed by atoms with Gasteiger partial charge in [0.1, 0.15) is 0 Å². The van der Waals surface area contributed by atoms with E-state index in [1.54, 1.807) is 16.9 Å². The molecule has 90 valence electrons. The maximum Gasteiger partial charge on any atom is 0.155 e. The van der Waals surface area contributed by atoms with E-state index in [1.807, 2.05) is 42.6 Å². The average Bonchev–Trinajstić information content (AvgIpc) is 2.74. The molecule has 0 spiro atoms. The van der Waals surface area contributed by atoms with Crippen LogP contribution in [0.4, 0.5) is 11.4 Å². The summed E-state index contributed by atoms with van der Waals surface area (Å²) in [6.45, 7) is 0. The Morgan fingerprint density at radius 3 is 2.33 bits per heavy atom. The van der Waals surface area contributed by atoms with Crippen molar-refractivity contribution in [1.82, 2.24) is 4.73 Å². The molecule has 4 nitrogen and oxygen atoms in total. The highest BCUT2D eigenvalue weighted by atomic mass is 16.7. The highest BCUT2D eigenvalue weighted by Gasteiger charge is 2.03. The Kier molecular flexibility index (Phi) is 2.34. The van der Waals surface area contributed by atoms with Gasteiger partial charge in [0.15, 0.2) is 5.75 Å². The molecule has 18 heavy (non-hydrogen) atoms. The molecule has 0 saturated heterocycles. The number of fused-ring (bicyclic) bond motifs is 1. The second-order valence-electron chi connectivity index (χ2n) is 4.12. The van der Waals surface area contributed by atoms with Crippen molar-refractivity contribution in [3.05, 3.63) is 54.7 Å². The molecule has 0 bridgehead atoms. The van der Waals surface area contributed by atoms with Gasteiger partial charge in [0, 0.05) is 23.0 Å². The zero-order valence-electron chi connectivity index (χ0n) is 9.71. The summed E-state index contributed by atoms with van der Waals surface area (Å²) in [4.78, 5) is 5.75. The summed E-state index contributed by atoms with van der Waals surface area (Å²) in [5.41, 5.74) is 13.8. The normalized spacial score (nSPS) is 10.7. The third-order valence-corrected chi connectivity index (χ3v) is 2.76. The Hall–Kier alpha value is -2.62. The number of nitrogens with two attached hydrogens (primary N) is 2. The second-order valence-corrected chi connectivity index (χ2v) is 4.12. The van der Waals surface area contributed by atoms with E-state index >= 15 is 0 Å². The third kappa shape index (κ3) is 1.84. The predicted octanol–water partition coefficient (Wildman–Crippen LogP) is 2.65. The molecule has 1 heterocycles. The lowest BCUT2D eigenvalue weighted by molar-refractivity contribution is 0.229. The van der Waals surface area contributed by atoms with Crippen LogP contribution in [0.2, 0.25) is 0 Å². The number of rotatable bonds is 2. The first-order valence-corrected chi connectivity index (χ1v) is 5.63. The van der Waals surface area contributed by atoms with Gasteiger partial charge in [-0.05, 0) is 48.5 Å². The molecule has 3 aromatic rings. The van der Waals surface area contributed by atoms with Gasteiger partial charge in [-0.2, -0.15) is 4.73 Å². The van der Waals surface area contributed by atoms with Crippen molar-refractivity contribution in [3.8, 4) is 5.75 Å². The molecule has 3 rings (SSSR count). The first-order valence-electron chi connectivity index (χ1n) is 5.63. The summed E-state index contributed by atoms with van der Waals surface area (Å²) in [7, 11) is 0. The summed E-state index contributed by atoms with van der Waals surface area (Å²) in [5, 5.41) is 1.05. The number of nitrogen functional groups attached to an aromatic ring is 2. The van der Waals surface area contributed by atoms with Crippen molar-refractivity contribution in [3.63, 3.8) is 0 Å². The van der Waals surface area contributed by atoms with Crippen LogP contribution < -0.4 is 16.3 Å². The minimum absolute atomic E-state index is 0.715. The topological polar surface area (TPSA) is 66.2 Å². The fraction of sp³-hybridized carbons (Fsp3) is 0. The van der Waals surface area contributed by atoms with Crippen LogP contribution >= 0.6 is 0 Å². The average molecular weight is 239 g/mol. The number of nitrogens with zero attached hydrogens (tertiary/aromatic N) is 1. The van der Waals surface area contributed by atoms with E-state index in [4.69, 9.17) is 16.3 Å². The Bertz CT molecular complexity index is 686. The van der Waals surface area contributed by atoms with Crippen LogP contribution in [0.5, 0.6) is 5.75 Å². The molecule has 0 radical (unpaired) electrons. The van der Waals surface area contributed by atoms with E-state index in [1.165, 1.54) is 0 Å². The van der Waals surface area contributed by atoms with Crippen molar-refractivity contribution < 1.29 is 4.84 Å². The van der Waals surface area contributed by atoms with Crippen LogP contribution in [-0.2, 0) is 0 Å². The molecular formula is C14H13N3O. The zero-order valence-corrected chi connectivity index (χ0v) is 9.71. The Morgan fingerprint density at radius 2 is 1.56 bits per heavy atom. The molecule has 0 aliphatic carbocycles. The SMILES string of the molecule is Nc1ccc(On2ccc3cc(N)ccc32)cc1. The summed E-state index contributed by atoms with van der Waals surface area (Å²) < 4.78 is 1.71. The minimum Gasteiger partial charge on any atom is -0.399 e. The lowest BCUT2D eigenvalue weighted by Crippen LogP contribution is -2.03. The van der Waals surface area contributed by atoms with Crippen molar-refractivity contribution >= 4 is 22.3 Å². The Labute approximate surface area is 104 Å². The van der Waals surface area contributed by atoms with Gasteiger partial charge in [-0.3, -0.25) is 0 Å². The largest absolute Gasteiger partial charge is 0.399 e. The van der Waals surface area contributed by atoms with Gasteiger partial charge in [0.05, 0.1) is 5.52 Å². The Balaban J connectivity index is 1.97. The van der Waals surface area contributed by atoms with E-state index in [-0.39, 0.29) is 0 Å². The maximum absolute atomic E-state index is 5.75. The molecule has 4 heteroatoms. The van der Waals surface area contributed by atoms with Crippen LogP contribution in [-0.4, -0.2) is 4.73 Å². The van der Waals surface area contributed by atoms with Crippen LogP contribution in [0.15, 0.2) is 54.7 Å². The highest BCUT2D eigenvalue weighted by molar-refractivity contribution is 5.83. The molecule has 0 unspecified atom stereocenters. The van der Waals surface area contributed by atoms with E-state index in [9.17, 15) is 0 Å². The monoisotopic (exact) mass is 239 g/mol. The van der Waals surface area contributed by atoms with E-state index in [0.717, 1.165) is 22.3 Å². The zero-order chi connectivity index (χ0) is 12.5. The molecule has 0 amide bonds. The Morgan fingerprint density at radius 1 is 0.833 bits per heavy atom. The number of anilines is 2. The fourth-order valence-corrected chi connectivity index (χ4v) is 1.86. The fourth-order valence-electron chi connectivity index (χ4n) is 1.86. The number of aromatic nitrogens is 1. The first-order chi connectivity index (χ1) is 8.72. The molecule has 2 aromatic carbocycles. The van der Waals surface area contributed by atoms with E-state index in [0.29, 0.717) is 5.69 Å². The first kappa shape index (κ1) is 10.5. The van der Waals surface area contributed by atoms with E-state index < -0.39 is 0 Å². The van der Waals surface area contributed by atoms with Gasteiger partial charge in [0.2, 0.25) is 0 Å². The summed E-state index contributed by atoms with van der Waals surface area (Å²) in [6, 6.07) is 14.9. The lowest BCUT2D eigenvalue weighted by atomic mass is 10.2. The van der Waals surface area contributed by atoms with Gasteiger partial charge in [-0.1, -0.05) is 0 Å². The van der Waals surface area contributed by atoms with Crippen LogP contribution in [0.25, 0.3) is 10.9 Å². The van der Waals surface area contributed by atoms with E-state index in [2.05, 4.69) is 0 Å². The lowest BCUT2D eigenvalue weighted by Gasteiger charge is -2.07. The van der Waals surface area contributed by atoms with Gasteiger partial charge in [-0.25, -0.2) is 0 Å². The van der Waals surface area contributed by atoms with Crippen molar-refractivity contribution in [2.24, 2.45) is 0 Å². The molecule has 0 fully saturated rings.